The van der Waals surface area contributed by atoms with Crippen molar-refractivity contribution in [3.8, 4) is 0 Å². The summed E-state index contributed by atoms with van der Waals surface area (Å²) < 4.78 is 1.12. The Hall–Kier alpha value is -1.28. The number of aryl methyl sites for hydroxylation is 2. The molecule has 0 amide bonds. The Kier molecular flexibility index (Phi) is 3.13. The number of anilines is 1. The Bertz CT molecular complexity index is 577. The maximum absolute atomic E-state index is 3.64. The molecule has 0 bridgehead atoms. The molecule has 0 aromatic heterocycles. The molecule has 0 fully saturated rings. The van der Waals surface area contributed by atoms with E-state index in [1.807, 2.05) is 0 Å². The lowest BCUT2D eigenvalue weighted by atomic mass is 10.0. The first-order valence-electron chi connectivity index (χ1n) is 6.34. The Balaban J connectivity index is 1.86. The molecule has 2 heteroatoms. The van der Waals surface area contributed by atoms with Crippen LogP contribution in [0.25, 0.3) is 0 Å². The van der Waals surface area contributed by atoms with Crippen LogP contribution >= 0.6 is 15.9 Å². The summed E-state index contributed by atoms with van der Waals surface area (Å²) in [5, 5.41) is 3.64. The summed E-state index contributed by atoms with van der Waals surface area (Å²) in [6.07, 6.45) is 2.37. The second-order valence-corrected chi connectivity index (χ2v) is 5.86. The molecule has 1 unspecified atom stereocenters. The normalized spacial score (nSPS) is 17.6. The molecule has 92 valence electrons. The number of hydrogen-bond acceptors (Lipinski definition) is 1. The Labute approximate surface area is 116 Å². The molecular weight excluding hydrogens is 286 g/mol. The molecule has 2 aromatic carbocycles. The molecular formula is C16H16BrN. The number of rotatable bonds is 2. The second kappa shape index (κ2) is 4.77. The van der Waals surface area contributed by atoms with Gasteiger partial charge >= 0.3 is 0 Å². The van der Waals surface area contributed by atoms with Gasteiger partial charge in [-0.1, -0.05) is 45.8 Å². The smallest absolute Gasteiger partial charge is 0.0519 e. The van der Waals surface area contributed by atoms with E-state index in [0.29, 0.717) is 6.04 Å². The number of fused-ring (bicyclic) bond motifs is 1. The quantitative estimate of drug-likeness (QED) is 0.835. The predicted molar refractivity (Wildman–Crippen MR) is 80.0 cm³/mol. The third-order valence-corrected chi connectivity index (χ3v) is 4.04. The molecule has 18 heavy (non-hydrogen) atoms. The van der Waals surface area contributed by atoms with Crippen molar-refractivity contribution in [1.82, 2.24) is 0 Å². The van der Waals surface area contributed by atoms with E-state index in [1.54, 1.807) is 0 Å². The monoisotopic (exact) mass is 301 g/mol. The fraction of sp³-hybridized carbons (Fsp3) is 0.250. The molecule has 0 heterocycles. The van der Waals surface area contributed by atoms with Gasteiger partial charge in [-0.2, -0.15) is 0 Å². The highest BCUT2D eigenvalue weighted by atomic mass is 79.9. The van der Waals surface area contributed by atoms with Gasteiger partial charge in [-0.25, -0.2) is 0 Å². The van der Waals surface area contributed by atoms with Gasteiger partial charge in [-0.15, -0.1) is 0 Å². The molecule has 1 N–H and O–H groups in total. The Morgan fingerprint density at radius 3 is 2.89 bits per heavy atom. The zero-order valence-electron chi connectivity index (χ0n) is 10.4. The van der Waals surface area contributed by atoms with Crippen LogP contribution < -0.4 is 5.32 Å². The maximum atomic E-state index is 3.64. The van der Waals surface area contributed by atoms with Gasteiger partial charge in [0.25, 0.3) is 0 Å². The van der Waals surface area contributed by atoms with Gasteiger partial charge in [-0.05, 0) is 49.1 Å². The Morgan fingerprint density at radius 1 is 1.17 bits per heavy atom. The number of halogens is 1. The summed E-state index contributed by atoms with van der Waals surface area (Å²) in [4.78, 5) is 0. The molecule has 0 saturated carbocycles. The van der Waals surface area contributed by atoms with E-state index < -0.39 is 0 Å². The first-order chi connectivity index (χ1) is 8.72. The van der Waals surface area contributed by atoms with Gasteiger partial charge in [0.05, 0.1) is 6.04 Å². The summed E-state index contributed by atoms with van der Waals surface area (Å²) in [6.45, 7) is 2.16. The van der Waals surface area contributed by atoms with Crippen LogP contribution in [-0.4, -0.2) is 0 Å². The van der Waals surface area contributed by atoms with Crippen LogP contribution in [0.4, 0.5) is 5.69 Å². The largest absolute Gasteiger partial charge is 0.378 e. The second-order valence-electron chi connectivity index (χ2n) is 4.95. The fourth-order valence-corrected chi connectivity index (χ4v) is 3.05. The molecule has 1 atom stereocenters. The minimum atomic E-state index is 0.453. The first kappa shape index (κ1) is 11.8. The van der Waals surface area contributed by atoms with Crippen molar-refractivity contribution >= 4 is 21.6 Å². The van der Waals surface area contributed by atoms with Crippen molar-refractivity contribution in [2.45, 2.75) is 25.8 Å². The molecule has 3 rings (SSSR count). The van der Waals surface area contributed by atoms with E-state index in [0.717, 1.165) is 4.47 Å². The summed E-state index contributed by atoms with van der Waals surface area (Å²) in [5.41, 5.74) is 5.49. The maximum Gasteiger partial charge on any atom is 0.0519 e. The number of hydrogen-bond donors (Lipinski definition) is 1. The van der Waals surface area contributed by atoms with Crippen molar-refractivity contribution in [3.63, 3.8) is 0 Å². The molecule has 0 aliphatic heterocycles. The highest BCUT2D eigenvalue weighted by Crippen LogP contribution is 2.34. The average Bonchev–Trinajstić information content (AvgIpc) is 2.72. The third-order valence-electron chi connectivity index (χ3n) is 3.54. The third kappa shape index (κ3) is 2.30. The molecule has 0 saturated heterocycles. The standard InChI is InChI=1S/C16H16BrN/c1-11-5-6-12-7-8-16(15(12)9-11)18-14-4-2-3-13(17)10-14/h2-6,9-10,16,18H,7-8H2,1H3. The fourth-order valence-electron chi connectivity index (χ4n) is 2.65. The molecule has 1 aliphatic carbocycles. The zero-order chi connectivity index (χ0) is 12.5. The highest BCUT2D eigenvalue weighted by Gasteiger charge is 2.22. The van der Waals surface area contributed by atoms with Gasteiger partial charge in [0.1, 0.15) is 0 Å². The molecule has 1 aliphatic rings. The lowest BCUT2D eigenvalue weighted by Crippen LogP contribution is -2.07. The van der Waals surface area contributed by atoms with Crippen molar-refractivity contribution in [2.75, 3.05) is 5.32 Å². The van der Waals surface area contributed by atoms with E-state index in [1.165, 1.54) is 35.2 Å². The van der Waals surface area contributed by atoms with Crippen molar-refractivity contribution in [3.05, 3.63) is 63.6 Å². The van der Waals surface area contributed by atoms with Crippen molar-refractivity contribution in [2.24, 2.45) is 0 Å². The molecule has 0 radical (unpaired) electrons. The van der Waals surface area contributed by atoms with Gasteiger partial charge in [0, 0.05) is 10.2 Å². The summed E-state index contributed by atoms with van der Waals surface area (Å²) >= 11 is 3.51. The van der Waals surface area contributed by atoms with E-state index in [9.17, 15) is 0 Å². The SMILES string of the molecule is Cc1ccc2c(c1)C(Nc1cccc(Br)c1)CC2. The number of benzene rings is 2. The van der Waals surface area contributed by atoms with Crippen LogP contribution in [0.5, 0.6) is 0 Å². The topological polar surface area (TPSA) is 12.0 Å². The molecule has 0 spiro atoms. The van der Waals surface area contributed by atoms with Crippen LogP contribution in [0.1, 0.15) is 29.2 Å². The molecule has 2 aromatic rings. The minimum Gasteiger partial charge on any atom is -0.378 e. The highest BCUT2D eigenvalue weighted by molar-refractivity contribution is 9.10. The summed E-state index contributed by atoms with van der Waals surface area (Å²) in [5.74, 6) is 0. The first-order valence-corrected chi connectivity index (χ1v) is 7.13. The summed E-state index contributed by atoms with van der Waals surface area (Å²) in [7, 11) is 0. The van der Waals surface area contributed by atoms with Crippen molar-refractivity contribution in [1.29, 1.82) is 0 Å². The van der Waals surface area contributed by atoms with Crippen LogP contribution in [0.3, 0.4) is 0 Å². The van der Waals surface area contributed by atoms with Gasteiger partial charge in [-0.3, -0.25) is 0 Å². The number of nitrogens with one attached hydrogen (secondary N) is 1. The minimum absolute atomic E-state index is 0.453. The van der Waals surface area contributed by atoms with E-state index in [2.05, 4.69) is 70.6 Å². The van der Waals surface area contributed by atoms with Gasteiger partial charge in [0.15, 0.2) is 0 Å². The van der Waals surface area contributed by atoms with Crippen LogP contribution in [0, 0.1) is 6.92 Å². The zero-order valence-corrected chi connectivity index (χ0v) is 12.0. The van der Waals surface area contributed by atoms with Crippen LogP contribution in [0.15, 0.2) is 46.9 Å². The van der Waals surface area contributed by atoms with Gasteiger partial charge < -0.3 is 5.32 Å². The van der Waals surface area contributed by atoms with Crippen LogP contribution in [-0.2, 0) is 6.42 Å². The predicted octanol–water partition coefficient (Wildman–Crippen LogP) is 4.86. The molecule has 1 nitrogen and oxygen atoms in total. The lowest BCUT2D eigenvalue weighted by molar-refractivity contribution is 0.762. The lowest BCUT2D eigenvalue weighted by Gasteiger charge is -2.16. The van der Waals surface area contributed by atoms with Crippen molar-refractivity contribution < 1.29 is 0 Å². The Morgan fingerprint density at radius 2 is 2.06 bits per heavy atom. The van der Waals surface area contributed by atoms with E-state index in [-0.39, 0.29) is 0 Å². The van der Waals surface area contributed by atoms with Gasteiger partial charge in [0.2, 0.25) is 0 Å². The van der Waals surface area contributed by atoms with E-state index >= 15 is 0 Å². The van der Waals surface area contributed by atoms with E-state index in [4.69, 9.17) is 0 Å². The van der Waals surface area contributed by atoms with Crippen LogP contribution in [0.2, 0.25) is 0 Å². The summed E-state index contributed by atoms with van der Waals surface area (Å²) in [6, 6.07) is 15.6. The average molecular weight is 302 g/mol.